The molecule has 1 saturated heterocycles. The molecule has 1 aliphatic heterocycles. The number of pyridine rings is 1. The Kier molecular flexibility index (Phi) is 9.18. The van der Waals surface area contributed by atoms with Crippen molar-refractivity contribution in [2.45, 2.75) is 32.3 Å². The topological polar surface area (TPSA) is 99.2 Å². The molecule has 10 heteroatoms. The number of ether oxygens (including phenoxy) is 1. The van der Waals surface area contributed by atoms with E-state index in [0.29, 0.717) is 31.9 Å². The van der Waals surface area contributed by atoms with Gasteiger partial charge < -0.3 is 15.4 Å². The zero-order chi connectivity index (χ0) is 20.2. The Morgan fingerprint density at radius 3 is 2.68 bits per heavy atom. The van der Waals surface area contributed by atoms with E-state index in [2.05, 4.69) is 15.3 Å². The van der Waals surface area contributed by atoms with Crippen molar-refractivity contribution < 1.29 is 9.53 Å². The van der Waals surface area contributed by atoms with E-state index in [-0.39, 0.29) is 36.8 Å². The fraction of sp³-hybridized carbons (Fsp3) is 0.429. The predicted molar refractivity (Wildman–Crippen MR) is 124 cm³/mol. The third-order valence-electron chi connectivity index (χ3n) is 5.37. The molecular formula is C21H28Cl2N6O2. The van der Waals surface area contributed by atoms with Crippen molar-refractivity contribution in [3.63, 3.8) is 0 Å². The van der Waals surface area contributed by atoms with Gasteiger partial charge in [0, 0.05) is 31.3 Å². The number of carbonyl (C=O) groups is 1. The molecule has 1 aromatic carbocycles. The van der Waals surface area contributed by atoms with Crippen LogP contribution in [0, 0.1) is 6.92 Å². The summed E-state index contributed by atoms with van der Waals surface area (Å²) in [7, 11) is 0. The zero-order valence-corrected chi connectivity index (χ0v) is 19.1. The number of nitrogens with two attached hydrogens (primary N) is 1. The maximum absolute atomic E-state index is 13.0. The maximum Gasteiger partial charge on any atom is 0.276 e. The molecule has 0 radical (unpaired) electrons. The summed E-state index contributed by atoms with van der Waals surface area (Å²) >= 11 is 0. The molecule has 8 nitrogen and oxygen atoms in total. The average Bonchev–Trinajstić information content (AvgIpc) is 3.14. The molecule has 0 bridgehead atoms. The van der Waals surface area contributed by atoms with Gasteiger partial charge in [0.2, 0.25) is 0 Å². The van der Waals surface area contributed by atoms with Crippen LogP contribution in [0.5, 0.6) is 0 Å². The number of aromatic nitrogens is 4. The van der Waals surface area contributed by atoms with Gasteiger partial charge in [-0.2, -0.15) is 0 Å². The number of rotatable bonds is 6. The monoisotopic (exact) mass is 466 g/mol. The first-order chi connectivity index (χ1) is 14.2. The highest BCUT2D eigenvalue weighted by Crippen LogP contribution is 2.22. The Hall–Kier alpha value is -2.26. The summed E-state index contributed by atoms with van der Waals surface area (Å²) in [6.45, 7) is 4.51. The summed E-state index contributed by atoms with van der Waals surface area (Å²) in [6, 6.07) is 9.80. The number of halogens is 2. The van der Waals surface area contributed by atoms with Gasteiger partial charge >= 0.3 is 0 Å². The average molecular weight is 467 g/mol. The van der Waals surface area contributed by atoms with Gasteiger partial charge in [0.25, 0.3) is 5.91 Å². The molecule has 1 fully saturated rings. The largest absolute Gasteiger partial charge is 0.378 e. The van der Waals surface area contributed by atoms with E-state index in [1.165, 1.54) is 0 Å². The van der Waals surface area contributed by atoms with Crippen LogP contribution in [-0.4, -0.2) is 63.1 Å². The Morgan fingerprint density at radius 1 is 1.19 bits per heavy atom. The van der Waals surface area contributed by atoms with E-state index in [9.17, 15) is 4.79 Å². The lowest BCUT2D eigenvalue weighted by atomic mass is 10.1. The number of para-hydroxylation sites is 1. The van der Waals surface area contributed by atoms with E-state index in [1.807, 2.05) is 42.2 Å². The van der Waals surface area contributed by atoms with Crippen molar-refractivity contribution in [3.8, 4) is 5.69 Å². The predicted octanol–water partition coefficient (Wildman–Crippen LogP) is 2.94. The van der Waals surface area contributed by atoms with Crippen LogP contribution in [0.1, 0.15) is 35.4 Å². The van der Waals surface area contributed by atoms with Gasteiger partial charge in [-0.3, -0.25) is 9.78 Å². The van der Waals surface area contributed by atoms with Crippen molar-refractivity contribution in [2.24, 2.45) is 5.73 Å². The SMILES string of the molecule is Cc1c(C(=O)N2CCC(OCCCN)CC2)nnn1-c1cccc2cccnc12.Cl.Cl. The van der Waals surface area contributed by atoms with Gasteiger partial charge in [-0.25, -0.2) is 4.68 Å². The first-order valence-corrected chi connectivity index (χ1v) is 10.1. The van der Waals surface area contributed by atoms with Crippen molar-refractivity contribution in [2.75, 3.05) is 26.2 Å². The molecule has 0 saturated carbocycles. The van der Waals surface area contributed by atoms with Crippen LogP contribution >= 0.6 is 24.8 Å². The van der Waals surface area contributed by atoms with Crippen LogP contribution in [0.15, 0.2) is 36.5 Å². The number of hydrogen-bond donors (Lipinski definition) is 1. The maximum atomic E-state index is 13.0. The van der Waals surface area contributed by atoms with Gasteiger partial charge in [-0.15, -0.1) is 29.9 Å². The zero-order valence-electron chi connectivity index (χ0n) is 17.4. The third-order valence-corrected chi connectivity index (χ3v) is 5.37. The molecule has 0 spiro atoms. The lowest BCUT2D eigenvalue weighted by Crippen LogP contribution is -2.41. The number of hydrogen-bond acceptors (Lipinski definition) is 6. The number of fused-ring (bicyclic) bond motifs is 1. The normalized spacial score (nSPS) is 14.2. The van der Waals surface area contributed by atoms with Crippen molar-refractivity contribution in [1.82, 2.24) is 24.9 Å². The van der Waals surface area contributed by atoms with Gasteiger partial charge in [-0.1, -0.05) is 23.4 Å². The molecule has 2 aromatic heterocycles. The molecule has 1 aliphatic rings. The van der Waals surface area contributed by atoms with Crippen LogP contribution in [0.2, 0.25) is 0 Å². The standard InChI is InChI=1S/C21H26N6O2.2ClH/c1-15-19(21(28)26-12-8-17(9-13-26)29-14-4-10-22)24-25-27(15)18-7-2-5-16-6-3-11-23-20(16)18;;/h2-3,5-7,11,17H,4,8-10,12-14,22H2,1H3;2*1H. The number of likely N-dealkylation sites (tertiary alicyclic amines) is 1. The van der Waals surface area contributed by atoms with Gasteiger partial charge in [0.05, 0.1) is 23.0 Å². The molecule has 3 heterocycles. The third kappa shape index (κ3) is 5.33. The number of amides is 1. The molecule has 4 rings (SSSR count). The molecule has 0 unspecified atom stereocenters. The van der Waals surface area contributed by atoms with Crippen molar-refractivity contribution >= 4 is 41.6 Å². The van der Waals surface area contributed by atoms with Crippen LogP contribution in [-0.2, 0) is 4.74 Å². The number of nitrogens with zero attached hydrogens (tertiary/aromatic N) is 5. The van der Waals surface area contributed by atoms with Crippen molar-refractivity contribution in [1.29, 1.82) is 0 Å². The second-order valence-electron chi connectivity index (χ2n) is 7.29. The summed E-state index contributed by atoms with van der Waals surface area (Å²) in [4.78, 5) is 19.3. The van der Waals surface area contributed by atoms with E-state index in [0.717, 1.165) is 41.5 Å². The minimum Gasteiger partial charge on any atom is -0.378 e. The highest BCUT2D eigenvalue weighted by molar-refractivity contribution is 5.94. The quantitative estimate of drug-likeness (QED) is 0.560. The van der Waals surface area contributed by atoms with E-state index in [4.69, 9.17) is 10.5 Å². The summed E-state index contributed by atoms with van der Waals surface area (Å²) in [5.74, 6) is -0.0812. The first-order valence-electron chi connectivity index (χ1n) is 10.1. The van der Waals surface area contributed by atoms with E-state index < -0.39 is 0 Å². The lowest BCUT2D eigenvalue weighted by molar-refractivity contribution is 0.00827. The number of carbonyl (C=O) groups excluding carboxylic acids is 1. The van der Waals surface area contributed by atoms with Gasteiger partial charge in [0.1, 0.15) is 0 Å². The summed E-state index contributed by atoms with van der Waals surface area (Å²) in [6.07, 6.45) is 4.48. The Morgan fingerprint density at radius 2 is 1.94 bits per heavy atom. The van der Waals surface area contributed by atoms with Gasteiger partial charge in [0.15, 0.2) is 5.69 Å². The van der Waals surface area contributed by atoms with Crippen LogP contribution < -0.4 is 5.73 Å². The molecule has 0 atom stereocenters. The van der Waals surface area contributed by atoms with Crippen LogP contribution in [0.4, 0.5) is 0 Å². The van der Waals surface area contributed by atoms with Gasteiger partial charge in [-0.05, 0) is 44.9 Å². The van der Waals surface area contributed by atoms with Crippen LogP contribution in [0.3, 0.4) is 0 Å². The molecule has 31 heavy (non-hydrogen) atoms. The highest BCUT2D eigenvalue weighted by atomic mass is 35.5. The summed E-state index contributed by atoms with van der Waals surface area (Å²) in [5, 5.41) is 9.48. The molecule has 3 aromatic rings. The minimum absolute atomic E-state index is 0. The summed E-state index contributed by atoms with van der Waals surface area (Å²) in [5.41, 5.74) is 8.26. The smallest absolute Gasteiger partial charge is 0.276 e. The van der Waals surface area contributed by atoms with E-state index >= 15 is 0 Å². The molecule has 2 N–H and O–H groups in total. The molecule has 168 valence electrons. The Labute approximate surface area is 194 Å². The molecule has 1 amide bonds. The minimum atomic E-state index is -0.0812. The van der Waals surface area contributed by atoms with Crippen LogP contribution in [0.25, 0.3) is 16.6 Å². The fourth-order valence-corrected chi connectivity index (χ4v) is 3.72. The fourth-order valence-electron chi connectivity index (χ4n) is 3.72. The number of benzene rings is 1. The Balaban J connectivity index is 0.00000171. The summed E-state index contributed by atoms with van der Waals surface area (Å²) < 4.78 is 7.53. The second kappa shape index (κ2) is 11.4. The molecule has 0 aliphatic carbocycles. The lowest BCUT2D eigenvalue weighted by Gasteiger charge is -2.31. The first kappa shape index (κ1) is 25.0. The van der Waals surface area contributed by atoms with Crippen molar-refractivity contribution in [3.05, 3.63) is 47.9 Å². The highest BCUT2D eigenvalue weighted by Gasteiger charge is 2.28. The van der Waals surface area contributed by atoms with E-state index in [1.54, 1.807) is 10.9 Å². The molecular weight excluding hydrogens is 439 g/mol. The number of piperidine rings is 1. The Bertz CT molecular complexity index is 999. The second-order valence-corrected chi connectivity index (χ2v) is 7.29.